The molecule has 0 saturated carbocycles. The second-order valence-corrected chi connectivity index (χ2v) is 9.74. The van der Waals surface area contributed by atoms with Crippen LogP contribution in [0, 0.1) is 11.3 Å². The summed E-state index contributed by atoms with van der Waals surface area (Å²) in [6, 6.07) is 7.98. The molecule has 8 heteroatoms. The maximum atomic E-state index is 13.2. The van der Waals surface area contributed by atoms with Gasteiger partial charge in [0.25, 0.3) is 0 Å². The first-order chi connectivity index (χ1) is 15.5. The molecule has 1 aromatic carbocycles. The monoisotopic (exact) mass is 436 g/mol. The zero-order chi connectivity index (χ0) is 22.1. The summed E-state index contributed by atoms with van der Waals surface area (Å²) < 4.78 is 7.88. The number of carbonyl (C=O) groups is 1. The maximum Gasteiger partial charge on any atom is 0.223 e. The molecule has 2 aromatic heterocycles. The highest BCUT2D eigenvalue weighted by Gasteiger charge is 2.50. The Balaban J connectivity index is 1.32. The van der Waals surface area contributed by atoms with Crippen LogP contribution in [0.15, 0.2) is 30.6 Å². The molecule has 5 rings (SSSR count). The maximum absolute atomic E-state index is 13.2. The van der Waals surface area contributed by atoms with Crippen molar-refractivity contribution in [3.8, 4) is 0 Å². The Morgan fingerprint density at radius 3 is 2.88 bits per heavy atom. The average molecular weight is 437 g/mol. The first-order valence-corrected chi connectivity index (χ1v) is 11.7. The summed E-state index contributed by atoms with van der Waals surface area (Å²) in [6.45, 7) is 8.27. The quantitative estimate of drug-likeness (QED) is 0.641. The fourth-order valence-corrected chi connectivity index (χ4v) is 5.37. The normalized spacial score (nSPS) is 20.6. The molecule has 1 amide bonds. The number of nitrogens with one attached hydrogen (secondary N) is 1. The first-order valence-electron chi connectivity index (χ1n) is 11.7. The summed E-state index contributed by atoms with van der Waals surface area (Å²) in [4.78, 5) is 23.3. The lowest BCUT2D eigenvalue weighted by atomic mass is 9.71. The van der Waals surface area contributed by atoms with E-state index in [9.17, 15) is 4.79 Å². The summed E-state index contributed by atoms with van der Waals surface area (Å²) in [5.74, 6) is 2.79. The number of para-hydroxylation sites is 2. The molecule has 2 aliphatic rings. The Morgan fingerprint density at radius 2 is 2.09 bits per heavy atom. The molecule has 1 spiro atoms. The van der Waals surface area contributed by atoms with Crippen LogP contribution < -0.4 is 0 Å². The molecule has 32 heavy (non-hydrogen) atoms. The Bertz CT molecular complexity index is 1050. The standard InChI is InChI=1S/C24H32N6O2/c1-17(2)13-30-16-25-28-23(30)18-14-29(15-24(18)9-11-32-12-10-24)22(31)8-7-21-26-19-5-3-4-6-20(19)27-21/h3-6,16-18H,7-15H2,1-2H3,(H,26,27). The van der Waals surface area contributed by atoms with Gasteiger partial charge < -0.3 is 19.2 Å². The number of ether oxygens (including phenoxy) is 1. The van der Waals surface area contributed by atoms with Gasteiger partial charge >= 0.3 is 0 Å². The molecule has 1 N–H and O–H groups in total. The zero-order valence-corrected chi connectivity index (χ0v) is 19.0. The molecular weight excluding hydrogens is 404 g/mol. The highest BCUT2D eigenvalue weighted by molar-refractivity contribution is 5.78. The second-order valence-electron chi connectivity index (χ2n) is 9.74. The number of aromatic amines is 1. The fourth-order valence-electron chi connectivity index (χ4n) is 5.37. The van der Waals surface area contributed by atoms with Crippen LogP contribution in [0.5, 0.6) is 0 Å². The number of likely N-dealkylation sites (tertiary alicyclic amines) is 1. The van der Waals surface area contributed by atoms with Crippen LogP contribution >= 0.6 is 0 Å². The Labute approximate surface area is 188 Å². The van der Waals surface area contributed by atoms with E-state index >= 15 is 0 Å². The molecule has 8 nitrogen and oxygen atoms in total. The van der Waals surface area contributed by atoms with E-state index < -0.39 is 0 Å². The number of aromatic nitrogens is 5. The second kappa shape index (κ2) is 8.65. The summed E-state index contributed by atoms with van der Waals surface area (Å²) >= 11 is 0. The highest BCUT2D eigenvalue weighted by atomic mass is 16.5. The van der Waals surface area contributed by atoms with Gasteiger partial charge in [0.15, 0.2) is 0 Å². The van der Waals surface area contributed by atoms with Crippen LogP contribution in [0.3, 0.4) is 0 Å². The number of nitrogens with zero attached hydrogens (tertiary/aromatic N) is 5. The van der Waals surface area contributed by atoms with Gasteiger partial charge in [-0.15, -0.1) is 10.2 Å². The van der Waals surface area contributed by atoms with Crippen LogP contribution in [0.2, 0.25) is 0 Å². The van der Waals surface area contributed by atoms with Crippen LogP contribution in [0.4, 0.5) is 0 Å². The minimum absolute atomic E-state index is 0.0229. The van der Waals surface area contributed by atoms with E-state index in [1.165, 1.54) is 0 Å². The summed E-state index contributed by atoms with van der Waals surface area (Å²) in [6.07, 6.45) is 4.83. The van der Waals surface area contributed by atoms with Crippen molar-refractivity contribution >= 4 is 16.9 Å². The van der Waals surface area contributed by atoms with Gasteiger partial charge in [0, 0.05) is 57.0 Å². The van der Waals surface area contributed by atoms with Gasteiger partial charge in [0.05, 0.1) is 11.0 Å². The van der Waals surface area contributed by atoms with Crippen LogP contribution in [-0.4, -0.2) is 61.8 Å². The number of amides is 1. The fraction of sp³-hybridized carbons (Fsp3) is 0.583. The number of H-pyrrole nitrogens is 1. The number of carbonyl (C=O) groups excluding carboxylic acids is 1. The number of rotatable bonds is 6. The zero-order valence-electron chi connectivity index (χ0n) is 19.0. The summed E-state index contributed by atoms with van der Waals surface area (Å²) in [5.41, 5.74) is 1.98. The number of benzene rings is 1. The van der Waals surface area contributed by atoms with E-state index in [1.54, 1.807) is 0 Å². The smallest absolute Gasteiger partial charge is 0.223 e. The predicted molar refractivity (Wildman–Crippen MR) is 121 cm³/mol. The van der Waals surface area contributed by atoms with E-state index in [2.05, 4.69) is 38.6 Å². The van der Waals surface area contributed by atoms with Crippen molar-refractivity contribution in [1.29, 1.82) is 0 Å². The van der Waals surface area contributed by atoms with Crippen molar-refractivity contribution in [3.63, 3.8) is 0 Å². The number of hydrogen-bond donors (Lipinski definition) is 1. The van der Waals surface area contributed by atoms with Gasteiger partial charge in [-0.1, -0.05) is 26.0 Å². The van der Waals surface area contributed by atoms with Gasteiger partial charge in [-0.05, 0) is 30.9 Å². The minimum atomic E-state index is 0.0229. The van der Waals surface area contributed by atoms with Crippen LogP contribution in [0.1, 0.15) is 50.7 Å². The molecule has 2 fully saturated rings. The number of aryl methyl sites for hydroxylation is 1. The van der Waals surface area contributed by atoms with Crippen molar-refractivity contribution in [2.24, 2.45) is 11.3 Å². The Kier molecular flexibility index (Phi) is 5.71. The van der Waals surface area contributed by atoms with Crippen molar-refractivity contribution < 1.29 is 9.53 Å². The molecule has 0 bridgehead atoms. The Morgan fingerprint density at radius 1 is 1.28 bits per heavy atom. The predicted octanol–water partition coefficient (Wildman–Crippen LogP) is 3.17. The Hall–Kier alpha value is -2.74. The van der Waals surface area contributed by atoms with E-state index in [-0.39, 0.29) is 17.2 Å². The highest BCUT2D eigenvalue weighted by Crippen LogP contribution is 2.49. The van der Waals surface area contributed by atoms with E-state index in [4.69, 9.17) is 4.74 Å². The molecule has 4 heterocycles. The molecule has 2 aliphatic heterocycles. The van der Waals surface area contributed by atoms with Crippen LogP contribution in [0.25, 0.3) is 11.0 Å². The van der Waals surface area contributed by atoms with Gasteiger partial charge in [0.2, 0.25) is 5.91 Å². The molecule has 2 saturated heterocycles. The molecule has 1 atom stereocenters. The topological polar surface area (TPSA) is 88.9 Å². The minimum Gasteiger partial charge on any atom is -0.381 e. The van der Waals surface area contributed by atoms with Crippen molar-refractivity contribution in [2.75, 3.05) is 26.3 Å². The van der Waals surface area contributed by atoms with Gasteiger partial charge in [-0.25, -0.2) is 4.98 Å². The third-order valence-corrected chi connectivity index (χ3v) is 7.02. The number of hydrogen-bond acceptors (Lipinski definition) is 5. The molecule has 0 radical (unpaired) electrons. The SMILES string of the molecule is CC(C)Cn1cnnc1C1CN(C(=O)CCc2nc3ccccc3[nH]2)CC12CCOCC2. The largest absolute Gasteiger partial charge is 0.381 e. The molecule has 0 aliphatic carbocycles. The van der Waals surface area contributed by atoms with Gasteiger partial charge in [-0.2, -0.15) is 0 Å². The lowest BCUT2D eigenvalue weighted by Gasteiger charge is -2.37. The van der Waals surface area contributed by atoms with E-state index in [0.717, 1.165) is 61.8 Å². The molecule has 3 aromatic rings. The van der Waals surface area contributed by atoms with Crippen molar-refractivity contribution in [3.05, 3.63) is 42.2 Å². The van der Waals surface area contributed by atoms with Gasteiger partial charge in [0.1, 0.15) is 18.0 Å². The third kappa shape index (κ3) is 4.03. The van der Waals surface area contributed by atoms with E-state index in [0.29, 0.717) is 25.3 Å². The number of fused-ring (bicyclic) bond motifs is 1. The van der Waals surface area contributed by atoms with E-state index in [1.807, 2.05) is 35.5 Å². The van der Waals surface area contributed by atoms with Crippen molar-refractivity contribution in [2.45, 2.75) is 52.0 Å². The molecule has 1 unspecified atom stereocenters. The summed E-state index contributed by atoms with van der Waals surface area (Å²) in [7, 11) is 0. The lowest BCUT2D eigenvalue weighted by molar-refractivity contribution is -0.130. The lowest BCUT2D eigenvalue weighted by Crippen LogP contribution is -2.38. The number of imidazole rings is 1. The third-order valence-electron chi connectivity index (χ3n) is 7.02. The summed E-state index contributed by atoms with van der Waals surface area (Å²) in [5, 5.41) is 8.76. The molecule has 170 valence electrons. The van der Waals surface area contributed by atoms with Crippen molar-refractivity contribution in [1.82, 2.24) is 29.6 Å². The molecular formula is C24H32N6O2. The average Bonchev–Trinajstić information content (AvgIpc) is 3.49. The first kappa shape index (κ1) is 21.1. The van der Waals surface area contributed by atoms with Gasteiger partial charge in [-0.3, -0.25) is 4.79 Å². The van der Waals surface area contributed by atoms with Crippen LogP contribution in [-0.2, 0) is 22.5 Å².